The quantitative estimate of drug-likeness (QED) is 0.761. The Bertz CT molecular complexity index is 462. The van der Waals surface area contributed by atoms with Crippen molar-refractivity contribution in [1.82, 2.24) is 9.97 Å². The van der Waals surface area contributed by atoms with E-state index in [1.165, 1.54) is 5.56 Å². The lowest BCUT2D eigenvalue weighted by atomic mass is 10.1. The summed E-state index contributed by atoms with van der Waals surface area (Å²) in [7, 11) is 0. The van der Waals surface area contributed by atoms with Gasteiger partial charge in [0.05, 0.1) is 0 Å². The van der Waals surface area contributed by atoms with E-state index in [1.807, 2.05) is 18.4 Å². The topological polar surface area (TPSA) is 42.9 Å². The van der Waals surface area contributed by atoms with Gasteiger partial charge in [-0.25, -0.2) is 9.97 Å². The van der Waals surface area contributed by atoms with Crippen LogP contribution in [0.25, 0.3) is 0 Å². The summed E-state index contributed by atoms with van der Waals surface area (Å²) in [5, 5.41) is 4.07. The van der Waals surface area contributed by atoms with E-state index < -0.39 is 0 Å². The van der Waals surface area contributed by atoms with Crippen LogP contribution in [-0.2, 0) is 6.42 Å². The molecule has 0 aliphatic heterocycles. The molecule has 4 heteroatoms. The van der Waals surface area contributed by atoms with Crippen LogP contribution in [-0.4, -0.2) is 15.8 Å². The largest absolute Gasteiger partial charge is 0.291 e. The van der Waals surface area contributed by atoms with Crippen molar-refractivity contribution in [3.63, 3.8) is 0 Å². The third-order valence-corrected chi connectivity index (χ3v) is 2.98. The lowest BCUT2D eigenvalue weighted by molar-refractivity contribution is 0.0972. The van der Waals surface area contributed by atoms with E-state index in [2.05, 4.69) is 15.3 Å². The van der Waals surface area contributed by atoms with E-state index in [9.17, 15) is 4.79 Å². The van der Waals surface area contributed by atoms with Gasteiger partial charge < -0.3 is 0 Å². The average Bonchev–Trinajstić information content (AvgIpc) is 2.80. The van der Waals surface area contributed by atoms with Gasteiger partial charge in [-0.15, -0.1) is 0 Å². The van der Waals surface area contributed by atoms with Crippen LogP contribution in [0.1, 0.15) is 28.2 Å². The summed E-state index contributed by atoms with van der Waals surface area (Å²) >= 11 is 1.65. The number of ketones is 1. The van der Waals surface area contributed by atoms with Gasteiger partial charge in [-0.2, -0.15) is 11.3 Å². The van der Waals surface area contributed by atoms with Crippen molar-refractivity contribution in [2.24, 2.45) is 0 Å². The molecule has 0 atom stereocenters. The first-order valence-electron chi connectivity index (χ1n) is 5.08. The highest BCUT2D eigenvalue weighted by Gasteiger charge is 2.08. The molecule has 0 amide bonds. The third-order valence-electron chi connectivity index (χ3n) is 2.25. The second-order valence-corrected chi connectivity index (χ2v) is 4.42. The maximum Gasteiger partial charge on any atom is 0.200 e. The van der Waals surface area contributed by atoms with E-state index in [0.717, 1.165) is 12.0 Å². The van der Waals surface area contributed by atoms with Crippen molar-refractivity contribution in [3.05, 3.63) is 46.2 Å². The van der Waals surface area contributed by atoms with E-state index in [0.29, 0.717) is 12.2 Å². The molecule has 3 nitrogen and oxygen atoms in total. The van der Waals surface area contributed by atoms with Crippen molar-refractivity contribution in [3.8, 4) is 0 Å². The average molecular weight is 232 g/mol. The fraction of sp³-hybridized carbons (Fsp3) is 0.250. The van der Waals surface area contributed by atoms with Crippen molar-refractivity contribution in [2.45, 2.75) is 19.8 Å². The molecule has 2 rings (SSSR count). The van der Waals surface area contributed by atoms with Crippen LogP contribution >= 0.6 is 11.3 Å². The fourth-order valence-corrected chi connectivity index (χ4v) is 2.04. The van der Waals surface area contributed by atoms with Gasteiger partial charge in [0.2, 0.25) is 0 Å². The smallest absolute Gasteiger partial charge is 0.200 e. The molecule has 0 N–H and O–H groups in total. The van der Waals surface area contributed by atoms with E-state index in [-0.39, 0.29) is 5.78 Å². The monoisotopic (exact) mass is 232 g/mol. The number of carbonyl (C=O) groups is 1. The predicted octanol–water partition coefficient (Wildman–Crippen LogP) is 2.66. The maximum atomic E-state index is 11.7. The molecule has 16 heavy (non-hydrogen) atoms. The SMILES string of the molecule is Cc1cnc(C(=O)CCc2ccsc2)nc1. The number of aryl methyl sites for hydroxylation is 2. The summed E-state index contributed by atoms with van der Waals surface area (Å²) < 4.78 is 0. The van der Waals surface area contributed by atoms with Gasteiger partial charge >= 0.3 is 0 Å². The van der Waals surface area contributed by atoms with E-state index >= 15 is 0 Å². The van der Waals surface area contributed by atoms with Crippen LogP contribution < -0.4 is 0 Å². The number of hydrogen-bond donors (Lipinski definition) is 0. The van der Waals surface area contributed by atoms with Crippen LogP contribution in [0.3, 0.4) is 0 Å². The molecule has 2 heterocycles. The summed E-state index contributed by atoms with van der Waals surface area (Å²) in [6.07, 6.45) is 4.58. The van der Waals surface area contributed by atoms with Crippen LogP contribution in [0.15, 0.2) is 29.2 Å². The van der Waals surface area contributed by atoms with Gasteiger partial charge in [0.25, 0.3) is 0 Å². The molecular formula is C12H12N2OS. The van der Waals surface area contributed by atoms with E-state index in [1.54, 1.807) is 23.7 Å². The molecule has 0 unspecified atom stereocenters. The minimum atomic E-state index is 0.00574. The van der Waals surface area contributed by atoms with Crippen molar-refractivity contribution >= 4 is 17.1 Å². The predicted molar refractivity (Wildman–Crippen MR) is 63.7 cm³/mol. The number of nitrogens with zero attached hydrogens (tertiary/aromatic N) is 2. The summed E-state index contributed by atoms with van der Waals surface area (Å²) in [5.41, 5.74) is 2.17. The van der Waals surface area contributed by atoms with Gasteiger partial charge in [-0.3, -0.25) is 4.79 Å². The lowest BCUT2D eigenvalue weighted by Crippen LogP contribution is -2.06. The molecule has 2 aromatic rings. The molecule has 0 saturated heterocycles. The van der Waals surface area contributed by atoms with Gasteiger partial charge in [0, 0.05) is 18.8 Å². The van der Waals surface area contributed by atoms with Crippen LogP contribution in [0.5, 0.6) is 0 Å². The standard InChI is InChI=1S/C12H12N2OS/c1-9-6-13-12(14-7-9)11(15)3-2-10-4-5-16-8-10/h4-8H,2-3H2,1H3. The van der Waals surface area contributed by atoms with Crippen LogP contribution in [0.4, 0.5) is 0 Å². The number of Topliss-reactive ketones (excluding diaryl/α,β-unsaturated/α-hetero) is 1. The molecule has 0 aromatic carbocycles. The Morgan fingerprint density at radius 3 is 2.75 bits per heavy atom. The minimum absolute atomic E-state index is 0.00574. The summed E-state index contributed by atoms with van der Waals surface area (Å²) in [6.45, 7) is 1.90. The van der Waals surface area contributed by atoms with Crippen molar-refractivity contribution < 1.29 is 4.79 Å². The summed E-state index contributed by atoms with van der Waals surface area (Å²) in [5.74, 6) is 0.326. The molecule has 0 aliphatic carbocycles. The van der Waals surface area contributed by atoms with Crippen molar-refractivity contribution in [1.29, 1.82) is 0 Å². The van der Waals surface area contributed by atoms with E-state index in [4.69, 9.17) is 0 Å². The van der Waals surface area contributed by atoms with Gasteiger partial charge in [0.15, 0.2) is 11.6 Å². The highest BCUT2D eigenvalue weighted by atomic mass is 32.1. The zero-order chi connectivity index (χ0) is 11.4. The highest BCUT2D eigenvalue weighted by molar-refractivity contribution is 7.07. The second-order valence-electron chi connectivity index (χ2n) is 3.64. The zero-order valence-corrected chi connectivity index (χ0v) is 9.83. The number of rotatable bonds is 4. The second kappa shape index (κ2) is 4.99. The maximum absolute atomic E-state index is 11.7. The first-order valence-corrected chi connectivity index (χ1v) is 6.03. The zero-order valence-electron chi connectivity index (χ0n) is 9.01. The Labute approximate surface area is 98.2 Å². The van der Waals surface area contributed by atoms with Gasteiger partial charge in [0.1, 0.15) is 0 Å². The normalized spacial score (nSPS) is 10.3. The molecule has 0 fully saturated rings. The minimum Gasteiger partial charge on any atom is -0.291 e. The molecule has 2 aromatic heterocycles. The Hall–Kier alpha value is -1.55. The summed E-state index contributed by atoms with van der Waals surface area (Å²) in [6, 6.07) is 2.04. The Kier molecular flexibility index (Phi) is 3.41. The third kappa shape index (κ3) is 2.73. The first kappa shape index (κ1) is 11.0. The molecule has 0 spiro atoms. The Balaban J connectivity index is 1.95. The number of aromatic nitrogens is 2. The molecule has 0 aliphatic rings. The number of carbonyl (C=O) groups excluding carboxylic acids is 1. The molecule has 0 bridgehead atoms. The van der Waals surface area contributed by atoms with Crippen molar-refractivity contribution in [2.75, 3.05) is 0 Å². The number of hydrogen-bond acceptors (Lipinski definition) is 4. The Morgan fingerprint density at radius 1 is 1.38 bits per heavy atom. The molecule has 82 valence electrons. The van der Waals surface area contributed by atoms with Crippen LogP contribution in [0, 0.1) is 6.92 Å². The van der Waals surface area contributed by atoms with Gasteiger partial charge in [-0.1, -0.05) is 0 Å². The first-order chi connectivity index (χ1) is 7.75. The van der Waals surface area contributed by atoms with Gasteiger partial charge in [-0.05, 0) is 41.3 Å². The fourth-order valence-electron chi connectivity index (χ4n) is 1.34. The molecule has 0 saturated carbocycles. The number of thiophene rings is 1. The lowest BCUT2D eigenvalue weighted by Gasteiger charge is -1.98. The Morgan fingerprint density at radius 2 is 2.12 bits per heavy atom. The van der Waals surface area contributed by atoms with Crippen LogP contribution in [0.2, 0.25) is 0 Å². The summed E-state index contributed by atoms with van der Waals surface area (Å²) in [4.78, 5) is 19.8. The molecule has 0 radical (unpaired) electrons. The highest BCUT2D eigenvalue weighted by Crippen LogP contribution is 2.09. The molecular weight excluding hydrogens is 220 g/mol.